The summed E-state index contributed by atoms with van der Waals surface area (Å²) in [6, 6.07) is 2.57. The molecule has 2 amide bonds. The number of hydrogen-bond donors (Lipinski definition) is 3. The fourth-order valence-electron chi connectivity index (χ4n) is 4.40. The number of rotatable bonds is 5. The molecule has 3 heterocycles. The third-order valence-corrected chi connectivity index (χ3v) is 5.55. The number of halogens is 1. The zero-order chi connectivity index (χ0) is 19.7. The number of nitrogens with zero attached hydrogens (tertiary/aromatic N) is 1. The van der Waals surface area contributed by atoms with E-state index in [1.54, 1.807) is 13.8 Å². The van der Waals surface area contributed by atoms with Crippen LogP contribution in [0.3, 0.4) is 0 Å². The average molecular weight is 411 g/mol. The maximum atomic E-state index is 13.0. The van der Waals surface area contributed by atoms with Gasteiger partial charge in [-0.15, -0.1) is 12.4 Å². The van der Waals surface area contributed by atoms with Gasteiger partial charge in [0.2, 0.25) is 5.91 Å². The van der Waals surface area contributed by atoms with Gasteiger partial charge in [0.1, 0.15) is 6.54 Å². The summed E-state index contributed by atoms with van der Waals surface area (Å²) >= 11 is 0. The molecule has 2 aliphatic heterocycles. The average Bonchev–Trinajstić information content (AvgIpc) is 2.89. The number of fused-ring (bicyclic) bond motifs is 2. The van der Waals surface area contributed by atoms with E-state index in [1.165, 1.54) is 23.5 Å². The Labute approximate surface area is 172 Å². The minimum absolute atomic E-state index is 0. The molecule has 1 aromatic heterocycles. The molecule has 3 rings (SSSR count). The van der Waals surface area contributed by atoms with Gasteiger partial charge in [-0.2, -0.15) is 0 Å². The number of aryl methyl sites for hydroxylation is 1. The molecule has 7 nitrogen and oxygen atoms in total. The van der Waals surface area contributed by atoms with Gasteiger partial charge < -0.3 is 20.5 Å². The monoisotopic (exact) mass is 410 g/mol. The molecule has 1 aromatic rings. The lowest BCUT2D eigenvalue weighted by molar-refractivity contribution is -0.122. The fraction of sp³-hybridized carbons (Fsp3) is 0.650. The first-order valence-corrected chi connectivity index (χ1v) is 9.82. The largest absolute Gasteiger partial charge is 0.352 e. The third kappa shape index (κ3) is 4.94. The van der Waals surface area contributed by atoms with Crippen molar-refractivity contribution in [2.75, 3.05) is 0 Å². The third-order valence-electron chi connectivity index (χ3n) is 5.55. The number of amides is 2. The van der Waals surface area contributed by atoms with Crippen LogP contribution in [0.15, 0.2) is 10.9 Å². The molecule has 156 valence electrons. The van der Waals surface area contributed by atoms with Crippen LogP contribution >= 0.6 is 12.4 Å². The summed E-state index contributed by atoms with van der Waals surface area (Å²) in [6.07, 6.45) is 4.23. The van der Waals surface area contributed by atoms with E-state index in [1.807, 2.05) is 13.8 Å². The van der Waals surface area contributed by atoms with E-state index in [0.717, 1.165) is 12.8 Å². The zero-order valence-corrected chi connectivity index (χ0v) is 17.8. The first kappa shape index (κ1) is 22.4. The van der Waals surface area contributed by atoms with Crippen molar-refractivity contribution in [1.29, 1.82) is 0 Å². The highest BCUT2D eigenvalue weighted by molar-refractivity contribution is 5.97. The summed E-state index contributed by atoms with van der Waals surface area (Å²) in [6.45, 7) is 7.16. The Morgan fingerprint density at radius 1 is 1.21 bits per heavy atom. The standard InChI is InChI=1S/C20H30N4O3.ClH/c1-11(2)21-17(25)10-24-13(4)19(12(3)7-18(24)26)20(27)23-16-8-14-5-6-15(9-16)22-14;/h7,11,14-16,22H,5-6,8-10H2,1-4H3,(H,21,25)(H,23,27);1H. The zero-order valence-electron chi connectivity index (χ0n) is 17.0. The number of pyridine rings is 1. The van der Waals surface area contributed by atoms with Crippen molar-refractivity contribution in [2.45, 2.75) is 84.1 Å². The Bertz CT molecular complexity index is 793. The topological polar surface area (TPSA) is 92.2 Å². The van der Waals surface area contributed by atoms with Crippen LogP contribution in [0.1, 0.15) is 61.1 Å². The molecular formula is C20H31ClN4O3. The fourth-order valence-corrected chi connectivity index (χ4v) is 4.40. The van der Waals surface area contributed by atoms with Crippen molar-refractivity contribution in [3.05, 3.63) is 33.2 Å². The number of aromatic nitrogens is 1. The van der Waals surface area contributed by atoms with Crippen LogP contribution in [-0.2, 0) is 11.3 Å². The quantitative estimate of drug-likeness (QED) is 0.684. The first-order valence-electron chi connectivity index (χ1n) is 9.82. The van der Waals surface area contributed by atoms with Crippen molar-refractivity contribution < 1.29 is 9.59 Å². The molecule has 0 aromatic carbocycles. The molecule has 0 radical (unpaired) electrons. The van der Waals surface area contributed by atoms with E-state index < -0.39 is 0 Å². The second-order valence-electron chi connectivity index (χ2n) is 8.21. The Morgan fingerprint density at radius 3 is 2.39 bits per heavy atom. The summed E-state index contributed by atoms with van der Waals surface area (Å²) < 4.78 is 1.38. The van der Waals surface area contributed by atoms with Crippen molar-refractivity contribution in [1.82, 2.24) is 20.5 Å². The van der Waals surface area contributed by atoms with Crippen LogP contribution in [0.2, 0.25) is 0 Å². The van der Waals surface area contributed by atoms with Gasteiger partial charge in [0.25, 0.3) is 11.5 Å². The van der Waals surface area contributed by atoms with Crippen LogP contribution in [0, 0.1) is 13.8 Å². The molecule has 28 heavy (non-hydrogen) atoms. The van der Waals surface area contributed by atoms with Crippen molar-refractivity contribution >= 4 is 24.2 Å². The molecular weight excluding hydrogens is 380 g/mol. The molecule has 0 spiro atoms. The van der Waals surface area contributed by atoms with Gasteiger partial charge in [-0.1, -0.05) is 0 Å². The van der Waals surface area contributed by atoms with Crippen molar-refractivity contribution in [3.8, 4) is 0 Å². The molecule has 2 aliphatic rings. The van der Waals surface area contributed by atoms with E-state index in [4.69, 9.17) is 0 Å². The van der Waals surface area contributed by atoms with Gasteiger partial charge in [0.15, 0.2) is 0 Å². The Morgan fingerprint density at radius 2 is 1.82 bits per heavy atom. The van der Waals surface area contributed by atoms with Crippen LogP contribution in [0.25, 0.3) is 0 Å². The maximum Gasteiger partial charge on any atom is 0.253 e. The summed E-state index contributed by atoms with van der Waals surface area (Å²) in [5.74, 6) is -0.394. The molecule has 0 aliphatic carbocycles. The summed E-state index contributed by atoms with van der Waals surface area (Å²) in [5, 5.41) is 9.51. The Hall–Kier alpha value is -1.86. The summed E-state index contributed by atoms with van der Waals surface area (Å²) in [5.41, 5.74) is 1.42. The highest BCUT2D eigenvalue weighted by Gasteiger charge is 2.34. The van der Waals surface area contributed by atoms with Crippen molar-refractivity contribution in [2.24, 2.45) is 0 Å². The van der Waals surface area contributed by atoms with Crippen LogP contribution in [-0.4, -0.2) is 40.5 Å². The number of carbonyl (C=O) groups excluding carboxylic acids is 2. The summed E-state index contributed by atoms with van der Waals surface area (Å²) in [4.78, 5) is 37.5. The Kier molecular flexibility index (Phi) is 7.28. The highest BCUT2D eigenvalue weighted by Crippen LogP contribution is 2.27. The van der Waals surface area contributed by atoms with Gasteiger partial charge in [-0.25, -0.2) is 0 Å². The van der Waals surface area contributed by atoms with Gasteiger partial charge >= 0.3 is 0 Å². The van der Waals surface area contributed by atoms with E-state index in [9.17, 15) is 14.4 Å². The Balaban J connectivity index is 0.00000280. The van der Waals surface area contributed by atoms with E-state index in [-0.39, 0.29) is 48.4 Å². The molecule has 2 atom stereocenters. The lowest BCUT2D eigenvalue weighted by Crippen LogP contribution is -2.48. The maximum absolute atomic E-state index is 13.0. The normalized spacial score (nSPS) is 23.2. The SMILES string of the molecule is Cc1cc(=O)n(CC(=O)NC(C)C)c(C)c1C(=O)NC1CC2CCC(C1)N2.Cl. The van der Waals surface area contributed by atoms with E-state index in [0.29, 0.717) is 28.9 Å². The number of carbonyl (C=O) groups is 2. The molecule has 2 unspecified atom stereocenters. The van der Waals surface area contributed by atoms with Crippen LogP contribution in [0.4, 0.5) is 0 Å². The molecule has 2 bridgehead atoms. The minimum Gasteiger partial charge on any atom is -0.352 e. The smallest absolute Gasteiger partial charge is 0.253 e. The van der Waals surface area contributed by atoms with Gasteiger partial charge in [-0.3, -0.25) is 14.4 Å². The molecule has 0 saturated carbocycles. The summed E-state index contributed by atoms with van der Waals surface area (Å²) in [7, 11) is 0. The minimum atomic E-state index is -0.264. The van der Waals surface area contributed by atoms with Gasteiger partial charge in [-0.05, 0) is 58.9 Å². The molecule has 3 N–H and O–H groups in total. The predicted octanol–water partition coefficient (Wildman–Crippen LogP) is 1.42. The second kappa shape index (κ2) is 9.09. The lowest BCUT2D eigenvalue weighted by atomic mass is 9.98. The van der Waals surface area contributed by atoms with Gasteiger partial charge in [0, 0.05) is 35.9 Å². The number of hydrogen-bond acceptors (Lipinski definition) is 4. The molecule has 2 fully saturated rings. The van der Waals surface area contributed by atoms with Crippen molar-refractivity contribution in [3.63, 3.8) is 0 Å². The van der Waals surface area contributed by atoms with Crippen LogP contribution in [0.5, 0.6) is 0 Å². The van der Waals surface area contributed by atoms with E-state index in [2.05, 4.69) is 16.0 Å². The number of nitrogens with one attached hydrogen (secondary N) is 3. The molecule has 2 saturated heterocycles. The second-order valence-corrected chi connectivity index (χ2v) is 8.21. The lowest BCUT2D eigenvalue weighted by Gasteiger charge is -2.30. The highest BCUT2D eigenvalue weighted by atomic mass is 35.5. The first-order chi connectivity index (χ1) is 12.7. The van der Waals surface area contributed by atoms with Crippen LogP contribution < -0.4 is 21.5 Å². The molecule has 8 heteroatoms. The predicted molar refractivity (Wildman–Crippen MR) is 111 cm³/mol. The number of piperidine rings is 1. The van der Waals surface area contributed by atoms with Gasteiger partial charge in [0.05, 0.1) is 5.56 Å². The van der Waals surface area contributed by atoms with E-state index >= 15 is 0 Å².